The molecule has 0 radical (unpaired) electrons. The number of hydrogen-bond donors (Lipinski definition) is 1. The summed E-state index contributed by atoms with van der Waals surface area (Å²) in [6.07, 6.45) is 2.23. The molecule has 0 bridgehead atoms. The van der Waals surface area contributed by atoms with Crippen molar-refractivity contribution in [2.24, 2.45) is 0 Å². The van der Waals surface area contributed by atoms with Gasteiger partial charge in [-0.3, -0.25) is 4.79 Å². The number of hydrogen-bond acceptors (Lipinski definition) is 5. The highest BCUT2D eigenvalue weighted by atomic mass is 35.5. The maximum Gasteiger partial charge on any atom is 0.226 e. The van der Waals surface area contributed by atoms with Crippen molar-refractivity contribution in [3.63, 3.8) is 0 Å². The van der Waals surface area contributed by atoms with Gasteiger partial charge in [0.05, 0.1) is 6.61 Å². The molecule has 0 spiro atoms. The number of ketones is 1. The van der Waals surface area contributed by atoms with Crippen LogP contribution in [0.3, 0.4) is 0 Å². The molecule has 0 saturated carbocycles. The predicted octanol–water partition coefficient (Wildman–Crippen LogP) is 5.02. The minimum absolute atomic E-state index is 0.160. The Balaban J connectivity index is 1.60. The van der Waals surface area contributed by atoms with Crippen LogP contribution in [0.4, 0.5) is 5.95 Å². The highest BCUT2D eigenvalue weighted by Gasteiger charge is 2.36. The van der Waals surface area contributed by atoms with E-state index in [4.69, 9.17) is 26.4 Å². The van der Waals surface area contributed by atoms with Crippen LogP contribution >= 0.6 is 11.6 Å². The molecule has 1 aromatic heterocycles. The van der Waals surface area contributed by atoms with Gasteiger partial charge < -0.3 is 10.1 Å². The van der Waals surface area contributed by atoms with Crippen LogP contribution in [0.2, 0.25) is 5.02 Å². The Morgan fingerprint density at radius 2 is 1.90 bits per heavy atom. The molecule has 7 heteroatoms. The van der Waals surface area contributed by atoms with Crippen molar-refractivity contribution in [3.05, 3.63) is 70.4 Å². The first-order valence-corrected chi connectivity index (χ1v) is 10.5. The number of carbonyl (C=O) groups is 1. The van der Waals surface area contributed by atoms with E-state index in [0.29, 0.717) is 29.8 Å². The highest BCUT2D eigenvalue weighted by Crippen LogP contribution is 2.40. The maximum absolute atomic E-state index is 12.9. The lowest BCUT2D eigenvalue weighted by molar-refractivity contribution is -0.116. The molecular weight excluding hydrogens is 400 g/mol. The molecule has 6 nitrogen and oxygen atoms in total. The van der Waals surface area contributed by atoms with Crippen molar-refractivity contribution in [2.45, 2.75) is 32.2 Å². The highest BCUT2D eigenvalue weighted by molar-refractivity contribution is 6.30. The number of nitrogens with one attached hydrogen (secondary N) is 1. The monoisotopic (exact) mass is 420 g/mol. The van der Waals surface area contributed by atoms with E-state index in [1.165, 1.54) is 0 Å². The molecular formula is C23H21ClN4O2. The van der Waals surface area contributed by atoms with Gasteiger partial charge in [0.1, 0.15) is 11.8 Å². The molecule has 0 fully saturated rings. The van der Waals surface area contributed by atoms with Crippen LogP contribution in [-0.4, -0.2) is 27.2 Å². The van der Waals surface area contributed by atoms with Crippen LogP contribution in [-0.2, 0) is 4.79 Å². The number of nitrogens with zero attached hydrogens (tertiary/aromatic N) is 3. The van der Waals surface area contributed by atoms with E-state index in [1.807, 2.05) is 60.1 Å². The summed E-state index contributed by atoms with van der Waals surface area (Å²) < 4.78 is 7.34. The molecule has 5 rings (SSSR count). The standard InChI is InChI=1S/C23H21ClN4O2/c1-2-30-17-12-8-15(9-13-17)22-26-23-25-18-4-3-5-19(29)20(18)21(28(23)27-22)14-6-10-16(24)11-7-14/h6-13,21H,2-5H2,1H3,(H,25,26,27). The SMILES string of the molecule is CCOc1ccc(-c2nc3n(n2)C(c2ccc(Cl)cc2)C2=C(CCCC2=O)N3)cc1. The lowest BCUT2D eigenvalue weighted by Crippen LogP contribution is -2.31. The fraction of sp³-hybridized carbons (Fsp3) is 0.261. The number of Topliss-reactive ketones (excluding diaryl/α,β-unsaturated/α-hetero) is 1. The third-order valence-electron chi connectivity index (χ3n) is 5.48. The zero-order valence-electron chi connectivity index (χ0n) is 16.6. The number of fused-ring (bicyclic) bond motifs is 1. The van der Waals surface area contributed by atoms with E-state index in [0.717, 1.165) is 41.0 Å². The maximum atomic E-state index is 12.9. The first-order valence-electron chi connectivity index (χ1n) is 10.1. The number of benzene rings is 2. The second-order valence-electron chi connectivity index (χ2n) is 7.41. The Bertz CT molecular complexity index is 1130. The van der Waals surface area contributed by atoms with E-state index in [2.05, 4.69) is 5.32 Å². The fourth-order valence-electron chi connectivity index (χ4n) is 4.10. The lowest BCUT2D eigenvalue weighted by atomic mass is 9.85. The lowest BCUT2D eigenvalue weighted by Gasteiger charge is -2.32. The third-order valence-corrected chi connectivity index (χ3v) is 5.73. The summed E-state index contributed by atoms with van der Waals surface area (Å²) in [7, 11) is 0. The van der Waals surface area contributed by atoms with Gasteiger partial charge in [0.25, 0.3) is 0 Å². The molecule has 1 N–H and O–H groups in total. The van der Waals surface area contributed by atoms with Crippen molar-refractivity contribution in [3.8, 4) is 17.1 Å². The zero-order chi connectivity index (χ0) is 20.7. The average molecular weight is 421 g/mol. The summed E-state index contributed by atoms with van der Waals surface area (Å²) in [5.41, 5.74) is 3.58. The second-order valence-corrected chi connectivity index (χ2v) is 7.85. The van der Waals surface area contributed by atoms with Crippen LogP contribution in [0.5, 0.6) is 5.75 Å². The van der Waals surface area contributed by atoms with Gasteiger partial charge in [-0.2, -0.15) is 4.98 Å². The van der Waals surface area contributed by atoms with Crippen LogP contribution in [0, 0.1) is 0 Å². The summed E-state index contributed by atoms with van der Waals surface area (Å²) in [4.78, 5) is 17.6. The minimum atomic E-state index is -0.315. The van der Waals surface area contributed by atoms with Gasteiger partial charge in [0.2, 0.25) is 5.95 Å². The van der Waals surface area contributed by atoms with Crippen molar-refractivity contribution < 1.29 is 9.53 Å². The molecule has 0 saturated heterocycles. The third kappa shape index (κ3) is 3.27. The van der Waals surface area contributed by atoms with Gasteiger partial charge in [-0.25, -0.2) is 4.68 Å². The quantitative estimate of drug-likeness (QED) is 0.641. The zero-order valence-corrected chi connectivity index (χ0v) is 17.3. The number of ether oxygens (including phenoxy) is 1. The van der Waals surface area contributed by atoms with E-state index in [1.54, 1.807) is 0 Å². The van der Waals surface area contributed by atoms with E-state index in [-0.39, 0.29) is 11.8 Å². The van der Waals surface area contributed by atoms with Gasteiger partial charge in [-0.1, -0.05) is 23.7 Å². The van der Waals surface area contributed by atoms with E-state index in [9.17, 15) is 4.79 Å². The molecule has 1 unspecified atom stereocenters. The van der Waals surface area contributed by atoms with Gasteiger partial charge in [-0.05, 0) is 61.7 Å². The smallest absolute Gasteiger partial charge is 0.226 e. The summed E-state index contributed by atoms with van der Waals surface area (Å²) >= 11 is 6.10. The molecule has 0 amide bonds. The Morgan fingerprint density at radius 1 is 1.13 bits per heavy atom. The number of rotatable bonds is 4. The summed E-state index contributed by atoms with van der Waals surface area (Å²) in [6.45, 7) is 2.58. The van der Waals surface area contributed by atoms with E-state index >= 15 is 0 Å². The van der Waals surface area contributed by atoms with Crippen LogP contribution < -0.4 is 10.1 Å². The van der Waals surface area contributed by atoms with Gasteiger partial charge in [0, 0.05) is 28.3 Å². The number of anilines is 1. The van der Waals surface area contributed by atoms with Crippen LogP contribution in [0.25, 0.3) is 11.4 Å². The molecule has 1 atom stereocenters. The van der Waals surface area contributed by atoms with Gasteiger partial charge in [0.15, 0.2) is 11.6 Å². The molecule has 2 aromatic carbocycles. The Labute approximate surface area is 179 Å². The second kappa shape index (κ2) is 7.61. The van der Waals surface area contributed by atoms with Gasteiger partial charge >= 0.3 is 0 Å². The summed E-state index contributed by atoms with van der Waals surface area (Å²) in [6, 6.07) is 15.0. The molecule has 3 aromatic rings. The molecule has 30 heavy (non-hydrogen) atoms. The average Bonchev–Trinajstić information content (AvgIpc) is 3.18. The van der Waals surface area contributed by atoms with Crippen molar-refractivity contribution in [1.82, 2.24) is 14.8 Å². The molecule has 1 aliphatic carbocycles. The first kappa shape index (κ1) is 18.9. The van der Waals surface area contributed by atoms with Crippen molar-refractivity contribution >= 4 is 23.3 Å². The molecule has 152 valence electrons. The van der Waals surface area contributed by atoms with Crippen LogP contribution in [0.15, 0.2) is 59.8 Å². The van der Waals surface area contributed by atoms with E-state index < -0.39 is 0 Å². The first-order chi connectivity index (χ1) is 14.6. The number of allylic oxidation sites excluding steroid dienone is 2. The minimum Gasteiger partial charge on any atom is -0.494 e. The molecule has 2 heterocycles. The largest absolute Gasteiger partial charge is 0.494 e. The summed E-state index contributed by atoms with van der Waals surface area (Å²) in [5.74, 6) is 2.22. The van der Waals surface area contributed by atoms with Crippen molar-refractivity contribution in [2.75, 3.05) is 11.9 Å². The fourth-order valence-corrected chi connectivity index (χ4v) is 4.22. The normalized spacial score (nSPS) is 17.9. The predicted molar refractivity (Wildman–Crippen MR) is 116 cm³/mol. The number of aromatic nitrogens is 3. The van der Waals surface area contributed by atoms with Crippen LogP contribution in [0.1, 0.15) is 37.8 Å². The number of carbonyl (C=O) groups excluding carboxylic acids is 1. The summed E-state index contributed by atoms with van der Waals surface area (Å²) in [5, 5.41) is 8.80. The Kier molecular flexibility index (Phi) is 4.79. The number of halogens is 1. The molecule has 1 aliphatic heterocycles. The van der Waals surface area contributed by atoms with Crippen molar-refractivity contribution in [1.29, 1.82) is 0 Å². The topological polar surface area (TPSA) is 69.0 Å². The Morgan fingerprint density at radius 3 is 2.63 bits per heavy atom. The Hall–Kier alpha value is -3.12. The van der Waals surface area contributed by atoms with Gasteiger partial charge in [-0.15, -0.1) is 5.10 Å². The molecule has 2 aliphatic rings.